The number of hydrogen-bond donors (Lipinski definition) is 1. The van der Waals surface area contributed by atoms with E-state index < -0.39 is 4.92 Å². The van der Waals surface area contributed by atoms with Gasteiger partial charge in [-0.1, -0.05) is 23.9 Å². The van der Waals surface area contributed by atoms with Gasteiger partial charge >= 0.3 is 5.69 Å². The van der Waals surface area contributed by atoms with Crippen LogP contribution >= 0.6 is 11.8 Å². The van der Waals surface area contributed by atoms with Crippen molar-refractivity contribution >= 4 is 17.4 Å². The normalized spacial score (nSPS) is 12.7. The Morgan fingerprint density at radius 1 is 1.19 bits per heavy atom. The third-order valence-electron chi connectivity index (χ3n) is 3.91. The number of nitrogens with zero attached hydrogens (tertiary/aromatic N) is 3. The maximum absolute atomic E-state index is 12.2. The molecule has 0 saturated heterocycles. The minimum Gasteiger partial charge on any atom is -0.486 e. The number of ether oxygens (including phenoxy) is 2. The van der Waals surface area contributed by atoms with Crippen molar-refractivity contribution in [2.24, 2.45) is 0 Å². The molecule has 0 saturated carbocycles. The third-order valence-corrected chi connectivity index (χ3v) is 4.92. The summed E-state index contributed by atoms with van der Waals surface area (Å²) in [4.78, 5) is 22.7. The lowest BCUT2D eigenvalue weighted by Crippen LogP contribution is -2.18. The number of aromatic nitrogens is 3. The van der Waals surface area contributed by atoms with Gasteiger partial charge in [0, 0.05) is 24.0 Å². The molecule has 1 aliphatic rings. The van der Waals surface area contributed by atoms with E-state index in [1.165, 1.54) is 28.5 Å². The van der Waals surface area contributed by atoms with E-state index in [2.05, 4.69) is 10.2 Å². The van der Waals surface area contributed by atoms with Gasteiger partial charge in [-0.15, -0.1) is 5.10 Å². The fourth-order valence-electron chi connectivity index (χ4n) is 2.69. The van der Waals surface area contributed by atoms with Gasteiger partial charge in [0.05, 0.1) is 10.6 Å². The molecule has 9 nitrogen and oxygen atoms in total. The lowest BCUT2D eigenvalue weighted by molar-refractivity contribution is -0.384. The Hall–Kier alpha value is -3.27. The smallest absolute Gasteiger partial charge is 0.348 e. The van der Waals surface area contributed by atoms with Gasteiger partial charge in [-0.2, -0.15) is 0 Å². The van der Waals surface area contributed by atoms with Gasteiger partial charge in [0.15, 0.2) is 16.7 Å². The Labute approximate surface area is 157 Å². The van der Waals surface area contributed by atoms with Crippen molar-refractivity contribution in [2.75, 3.05) is 13.2 Å². The van der Waals surface area contributed by atoms with E-state index >= 15 is 0 Å². The van der Waals surface area contributed by atoms with Gasteiger partial charge in [-0.25, -0.2) is 14.5 Å². The van der Waals surface area contributed by atoms with E-state index in [1.807, 2.05) is 0 Å². The van der Waals surface area contributed by atoms with E-state index in [0.29, 0.717) is 41.3 Å². The third kappa shape index (κ3) is 3.51. The Bertz CT molecular complexity index is 1060. The molecule has 0 bridgehead atoms. The van der Waals surface area contributed by atoms with Crippen molar-refractivity contribution in [3.63, 3.8) is 0 Å². The fraction of sp³-hybridized carbons (Fsp3) is 0.176. The first-order valence-electron chi connectivity index (χ1n) is 8.05. The molecule has 1 aliphatic heterocycles. The van der Waals surface area contributed by atoms with Gasteiger partial charge in [0.1, 0.15) is 13.2 Å². The molecule has 0 atom stereocenters. The molecule has 10 heteroatoms. The molecule has 4 rings (SSSR count). The molecule has 0 spiro atoms. The van der Waals surface area contributed by atoms with Crippen LogP contribution in [0, 0.1) is 10.1 Å². The van der Waals surface area contributed by atoms with E-state index in [0.717, 1.165) is 5.56 Å². The SMILES string of the molecule is O=c1[nH]nc(SCc2cccc([N+](=O)[O-])c2)n1-c1ccc2c(c1)OCCO2. The van der Waals surface area contributed by atoms with Crippen molar-refractivity contribution in [2.45, 2.75) is 10.9 Å². The first-order valence-corrected chi connectivity index (χ1v) is 9.04. The maximum atomic E-state index is 12.2. The molecule has 0 radical (unpaired) electrons. The van der Waals surface area contributed by atoms with Crippen LogP contribution in [0.15, 0.2) is 52.4 Å². The highest BCUT2D eigenvalue weighted by Gasteiger charge is 2.17. The first kappa shape index (κ1) is 17.2. The van der Waals surface area contributed by atoms with Crippen LogP contribution < -0.4 is 15.2 Å². The number of fused-ring (bicyclic) bond motifs is 1. The average molecular weight is 386 g/mol. The average Bonchev–Trinajstić information content (AvgIpc) is 3.06. The zero-order valence-corrected chi connectivity index (χ0v) is 14.8. The standard InChI is InChI=1S/C17H14N4O5S/c22-16-18-19-17(27-10-11-2-1-3-13(8-11)21(23)24)20(16)12-4-5-14-15(9-12)26-7-6-25-14/h1-5,8-9H,6-7,10H2,(H,18,22). The number of thioether (sulfide) groups is 1. The molecular weight excluding hydrogens is 372 g/mol. The second-order valence-corrected chi connectivity index (χ2v) is 6.63. The summed E-state index contributed by atoms with van der Waals surface area (Å²) in [5, 5.41) is 17.8. The summed E-state index contributed by atoms with van der Waals surface area (Å²) in [6.45, 7) is 0.938. The van der Waals surface area contributed by atoms with Crippen molar-refractivity contribution in [1.82, 2.24) is 14.8 Å². The number of nitro groups is 1. The minimum absolute atomic E-state index is 0.0272. The van der Waals surface area contributed by atoms with Gasteiger partial charge in [0.25, 0.3) is 5.69 Å². The number of benzene rings is 2. The molecular formula is C17H14N4O5S. The molecule has 1 aromatic heterocycles. The quantitative estimate of drug-likeness (QED) is 0.407. The molecule has 0 unspecified atom stereocenters. The highest BCUT2D eigenvalue weighted by Crippen LogP contribution is 2.33. The summed E-state index contributed by atoms with van der Waals surface area (Å²) < 4.78 is 12.5. The van der Waals surface area contributed by atoms with Crippen LogP contribution in [0.2, 0.25) is 0 Å². The summed E-state index contributed by atoms with van der Waals surface area (Å²) >= 11 is 1.30. The van der Waals surface area contributed by atoms with Crippen LogP contribution in [0.3, 0.4) is 0 Å². The molecule has 0 aliphatic carbocycles. The largest absolute Gasteiger partial charge is 0.486 e. The number of aromatic amines is 1. The number of nitro benzene ring substituents is 1. The lowest BCUT2D eigenvalue weighted by Gasteiger charge is -2.19. The van der Waals surface area contributed by atoms with Crippen LogP contribution in [0.4, 0.5) is 5.69 Å². The second-order valence-electron chi connectivity index (χ2n) is 5.69. The van der Waals surface area contributed by atoms with Crippen molar-refractivity contribution in [3.05, 3.63) is 68.6 Å². The lowest BCUT2D eigenvalue weighted by atomic mass is 10.2. The number of H-pyrrole nitrogens is 1. The molecule has 2 aromatic carbocycles. The zero-order valence-electron chi connectivity index (χ0n) is 14.0. The highest BCUT2D eigenvalue weighted by atomic mass is 32.2. The summed E-state index contributed by atoms with van der Waals surface area (Å²) in [5.74, 6) is 1.63. The van der Waals surface area contributed by atoms with Crippen LogP contribution in [-0.2, 0) is 5.75 Å². The summed E-state index contributed by atoms with van der Waals surface area (Å²) in [6, 6.07) is 11.6. The van der Waals surface area contributed by atoms with Gasteiger partial charge < -0.3 is 9.47 Å². The van der Waals surface area contributed by atoms with Crippen LogP contribution in [0.1, 0.15) is 5.56 Å². The molecule has 27 heavy (non-hydrogen) atoms. The van der Waals surface area contributed by atoms with E-state index in [4.69, 9.17) is 9.47 Å². The molecule has 3 aromatic rings. The van der Waals surface area contributed by atoms with E-state index in [9.17, 15) is 14.9 Å². The summed E-state index contributed by atoms with van der Waals surface area (Å²) in [5.41, 5.74) is 1.01. The van der Waals surface area contributed by atoms with Crippen molar-refractivity contribution in [3.8, 4) is 17.2 Å². The number of rotatable bonds is 5. The van der Waals surface area contributed by atoms with Crippen molar-refractivity contribution < 1.29 is 14.4 Å². The van der Waals surface area contributed by atoms with E-state index in [-0.39, 0.29) is 11.4 Å². The fourth-order valence-corrected chi connectivity index (χ4v) is 3.59. The van der Waals surface area contributed by atoms with Crippen molar-refractivity contribution in [1.29, 1.82) is 0 Å². The zero-order chi connectivity index (χ0) is 18.8. The minimum atomic E-state index is -0.437. The maximum Gasteiger partial charge on any atom is 0.348 e. The van der Waals surface area contributed by atoms with Gasteiger partial charge in [0.2, 0.25) is 0 Å². The Balaban J connectivity index is 1.60. The Kier molecular flexibility index (Phi) is 4.55. The molecule has 0 amide bonds. The molecule has 1 N–H and O–H groups in total. The van der Waals surface area contributed by atoms with Crippen LogP contribution in [0.25, 0.3) is 5.69 Å². The van der Waals surface area contributed by atoms with Crippen LogP contribution in [-0.4, -0.2) is 32.9 Å². The molecule has 138 valence electrons. The summed E-state index contributed by atoms with van der Waals surface area (Å²) in [6.07, 6.45) is 0. The predicted octanol–water partition coefficient (Wildman–Crippen LogP) is 2.53. The molecule has 2 heterocycles. The van der Waals surface area contributed by atoms with E-state index in [1.54, 1.807) is 30.3 Å². The Morgan fingerprint density at radius 3 is 2.81 bits per heavy atom. The number of non-ortho nitro benzene ring substituents is 1. The number of nitrogens with one attached hydrogen (secondary N) is 1. The highest BCUT2D eigenvalue weighted by molar-refractivity contribution is 7.98. The first-order chi connectivity index (χ1) is 13.1. The van der Waals surface area contributed by atoms with Gasteiger partial charge in [-0.05, 0) is 17.7 Å². The molecule has 0 fully saturated rings. The number of hydrogen-bond acceptors (Lipinski definition) is 7. The van der Waals surface area contributed by atoms with Gasteiger partial charge in [-0.3, -0.25) is 10.1 Å². The van der Waals surface area contributed by atoms with Crippen LogP contribution in [0.5, 0.6) is 11.5 Å². The summed E-state index contributed by atoms with van der Waals surface area (Å²) in [7, 11) is 0. The second kappa shape index (κ2) is 7.16. The topological polar surface area (TPSA) is 112 Å². The monoisotopic (exact) mass is 386 g/mol. The predicted molar refractivity (Wildman–Crippen MR) is 97.8 cm³/mol. The Morgan fingerprint density at radius 2 is 2.00 bits per heavy atom.